The largest absolute Gasteiger partial charge is 0.481 e. The van der Waals surface area contributed by atoms with Crippen LogP contribution in [-0.4, -0.2) is 16.9 Å². The monoisotopic (exact) mass is 288 g/mol. The second kappa shape index (κ2) is 9.92. The summed E-state index contributed by atoms with van der Waals surface area (Å²) in [6.07, 6.45) is 9.25. The number of carboxylic acids is 1. The molecule has 1 rings (SSSR count). The van der Waals surface area contributed by atoms with Crippen LogP contribution in [0.2, 0.25) is 0 Å². The number of carbonyl (C=O) groups is 2. The van der Waals surface area contributed by atoms with Crippen LogP contribution in [0.5, 0.6) is 0 Å². The van der Waals surface area contributed by atoms with Crippen LogP contribution in [0.3, 0.4) is 0 Å². The van der Waals surface area contributed by atoms with E-state index in [1.165, 1.54) is 0 Å². The van der Waals surface area contributed by atoms with Gasteiger partial charge in [0.25, 0.3) is 0 Å². The molecule has 0 aliphatic rings. The number of hydrogen-bond donors (Lipinski definition) is 1. The zero-order valence-electron chi connectivity index (χ0n) is 12.7. The number of hydrogen-bond acceptors (Lipinski definition) is 2. The van der Waals surface area contributed by atoms with E-state index in [1.54, 1.807) is 0 Å². The molecule has 0 radical (unpaired) electrons. The fourth-order valence-electron chi connectivity index (χ4n) is 2.09. The van der Waals surface area contributed by atoms with Gasteiger partial charge in [0.05, 0.1) is 0 Å². The highest BCUT2D eigenvalue weighted by Gasteiger charge is 2.05. The summed E-state index contributed by atoms with van der Waals surface area (Å²) >= 11 is 0. The molecule has 0 amide bonds. The maximum atomic E-state index is 12.0. The van der Waals surface area contributed by atoms with Crippen molar-refractivity contribution in [2.75, 3.05) is 0 Å². The first-order chi connectivity index (χ1) is 10.1. The average Bonchev–Trinajstić information content (AvgIpc) is 2.47. The maximum absolute atomic E-state index is 12.0. The molecule has 114 valence electrons. The van der Waals surface area contributed by atoms with Crippen LogP contribution in [0.4, 0.5) is 0 Å². The Morgan fingerprint density at radius 3 is 2.67 bits per heavy atom. The van der Waals surface area contributed by atoms with Gasteiger partial charge in [0.2, 0.25) is 0 Å². The van der Waals surface area contributed by atoms with E-state index in [1.807, 2.05) is 36.4 Å². The Bertz CT molecular complexity index is 489. The Hall–Kier alpha value is -1.90. The lowest BCUT2D eigenvalue weighted by Crippen LogP contribution is -1.98. The molecule has 1 N–H and O–H groups in total. The number of benzene rings is 1. The van der Waals surface area contributed by atoms with Gasteiger partial charge in [0.1, 0.15) is 0 Å². The summed E-state index contributed by atoms with van der Waals surface area (Å²) in [7, 11) is 0. The number of carboxylic acid groups (broad SMARTS) is 1. The fraction of sp³-hybridized carbons (Fsp3) is 0.444. The van der Waals surface area contributed by atoms with Gasteiger partial charge in [0.15, 0.2) is 5.78 Å². The first-order valence-electron chi connectivity index (χ1n) is 7.65. The first-order valence-corrected chi connectivity index (χ1v) is 7.65. The van der Waals surface area contributed by atoms with Crippen molar-refractivity contribution < 1.29 is 14.7 Å². The molecule has 0 heterocycles. The Labute approximate surface area is 126 Å². The molecule has 0 aromatic heterocycles. The number of unbranched alkanes of at least 4 members (excludes halogenated alkanes) is 3. The molecule has 0 bridgehead atoms. The molecule has 1 aromatic rings. The van der Waals surface area contributed by atoms with Crippen LogP contribution in [-0.2, 0) is 4.79 Å². The predicted molar refractivity (Wildman–Crippen MR) is 85.4 cm³/mol. The van der Waals surface area contributed by atoms with Crippen molar-refractivity contribution in [3.05, 3.63) is 41.5 Å². The van der Waals surface area contributed by atoms with E-state index in [4.69, 9.17) is 5.11 Å². The summed E-state index contributed by atoms with van der Waals surface area (Å²) in [6, 6.07) is 7.61. The summed E-state index contributed by atoms with van der Waals surface area (Å²) in [5.74, 6) is -0.562. The fourth-order valence-corrected chi connectivity index (χ4v) is 2.09. The van der Waals surface area contributed by atoms with Crippen LogP contribution in [0, 0.1) is 0 Å². The number of Topliss-reactive ketones (excluding diaryl/α,β-unsaturated/α-hetero) is 1. The molecule has 0 atom stereocenters. The molecular weight excluding hydrogens is 264 g/mol. The van der Waals surface area contributed by atoms with Gasteiger partial charge >= 0.3 is 5.97 Å². The van der Waals surface area contributed by atoms with Crippen molar-refractivity contribution in [1.82, 2.24) is 0 Å². The van der Waals surface area contributed by atoms with Crippen molar-refractivity contribution in [2.45, 2.75) is 51.9 Å². The van der Waals surface area contributed by atoms with Crippen molar-refractivity contribution in [2.24, 2.45) is 0 Å². The van der Waals surface area contributed by atoms with Crippen LogP contribution >= 0.6 is 0 Å². The van der Waals surface area contributed by atoms with Gasteiger partial charge in [-0.25, -0.2) is 0 Å². The minimum absolute atomic E-state index is 0.195. The third kappa shape index (κ3) is 7.45. The summed E-state index contributed by atoms with van der Waals surface area (Å²) in [5, 5.41) is 8.55. The summed E-state index contributed by atoms with van der Waals surface area (Å²) in [5.41, 5.74) is 1.76. The van der Waals surface area contributed by atoms with Crippen molar-refractivity contribution >= 4 is 17.8 Å². The lowest BCUT2D eigenvalue weighted by Gasteiger charge is -2.02. The highest BCUT2D eigenvalue weighted by Crippen LogP contribution is 2.12. The summed E-state index contributed by atoms with van der Waals surface area (Å²) in [4.78, 5) is 22.4. The van der Waals surface area contributed by atoms with Crippen molar-refractivity contribution in [3.63, 3.8) is 0 Å². The van der Waals surface area contributed by atoms with E-state index in [2.05, 4.69) is 6.92 Å². The second-order valence-electron chi connectivity index (χ2n) is 5.19. The Kier molecular flexibility index (Phi) is 8.10. The van der Waals surface area contributed by atoms with Crippen molar-refractivity contribution in [1.29, 1.82) is 0 Å². The second-order valence-corrected chi connectivity index (χ2v) is 5.19. The SMILES string of the molecule is CCCCCC(=O)c1cccc(/C=C\CCCC(=O)O)c1. The van der Waals surface area contributed by atoms with Gasteiger partial charge in [-0.1, -0.05) is 50.1 Å². The lowest BCUT2D eigenvalue weighted by atomic mass is 10.0. The molecular formula is C18H24O3. The Balaban J connectivity index is 2.49. The van der Waals surface area contributed by atoms with Crippen LogP contribution in [0.1, 0.15) is 67.8 Å². The topological polar surface area (TPSA) is 54.4 Å². The molecule has 0 aliphatic heterocycles. The molecule has 3 heteroatoms. The summed E-state index contributed by atoms with van der Waals surface area (Å²) < 4.78 is 0. The zero-order valence-corrected chi connectivity index (χ0v) is 12.7. The number of rotatable bonds is 10. The third-order valence-corrected chi connectivity index (χ3v) is 3.29. The number of ketones is 1. The van der Waals surface area contributed by atoms with E-state index < -0.39 is 5.97 Å². The minimum Gasteiger partial charge on any atom is -0.481 e. The van der Waals surface area contributed by atoms with E-state index in [9.17, 15) is 9.59 Å². The minimum atomic E-state index is -0.761. The lowest BCUT2D eigenvalue weighted by molar-refractivity contribution is -0.137. The van der Waals surface area contributed by atoms with E-state index in [0.29, 0.717) is 12.8 Å². The quantitative estimate of drug-likeness (QED) is 0.500. The van der Waals surface area contributed by atoms with Gasteiger partial charge < -0.3 is 5.11 Å². The normalized spacial score (nSPS) is 10.9. The number of aliphatic carboxylic acids is 1. The molecule has 21 heavy (non-hydrogen) atoms. The average molecular weight is 288 g/mol. The molecule has 3 nitrogen and oxygen atoms in total. The molecule has 0 saturated carbocycles. The van der Waals surface area contributed by atoms with E-state index >= 15 is 0 Å². The summed E-state index contributed by atoms with van der Waals surface area (Å²) in [6.45, 7) is 2.13. The standard InChI is InChI=1S/C18H24O3/c1-2-3-5-12-17(19)16-11-8-10-15(14-16)9-6-4-7-13-18(20)21/h6,8-11,14H,2-5,7,12-13H2,1H3,(H,20,21)/b9-6-. The Morgan fingerprint density at radius 2 is 1.95 bits per heavy atom. The van der Waals surface area contributed by atoms with Gasteiger partial charge in [-0.3, -0.25) is 9.59 Å². The zero-order chi connectivity index (χ0) is 15.5. The third-order valence-electron chi connectivity index (χ3n) is 3.29. The molecule has 0 aliphatic carbocycles. The highest BCUT2D eigenvalue weighted by atomic mass is 16.4. The molecule has 0 unspecified atom stereocenters. The van der Waals surface area contributed by atoms with Crippen LogP contribution in [0.25, 0.3) is 6.08 Å². The Morgan fingerprint density at radius 1 is 1.14 bits per heavy atom. The van der Waals surface area contributed by atoms with Crippen molar-refractivity contribution in [3.8, 4) is 0 Å². The molecule has 0 saturated heterocycles. The smallest absolute Gasteiger partial charge is 0.303 e. The first kappa shape index (κ1) is 17.2. The highest BCUT2D eigenvalue weighted by molar-refractivity contribution is 5.96. The van der Waals surface area contributed by atoms with Gasteiger partial charge in [-0.15, -0.1) is 0 Å². The number of allylic oxidation sites excluding steroid dienone is 1. The maximum Gasteiger partial charge on any atom is 0.303 e. The molecule has 1 aromatic carbocycles. The van der Waals surface area contributed by atoms with Gasteiger partial charge in [-0.05, 0) is 30.9 Å². The van der Waals surface area contributed by atoms with Gasteiger partial charge in [-0.2, -0.15) is 0 Å². The molecule has 0 spiro atoms. The van der Waals surface area contributed by atoms with Crippen LogP contribution < -0.4 is 0 Å². The number of carbonyl (C=O) groups excluding carboxylic acids is 1. The van der Waals surface area contributed by atoms with E-state index in [-0.39, 0.29) is 12.2 Å². The molecule has 0 fully saturated rings. The predicted octanol–water partition coefficient (Wildman–Crippen LogP) is 4.72. The van der Waals surface area contributed by atoms with E-state index in [0.717, 1.165) is 36.8 Å². The van der Waals surface area contributed by atoms with Gasteiger partial charge in [0, 0.05) is 18.4 Å². The van der Waals surface area contributed by atoms with Crippen LogP contribution in [0.15, 0.2) is 30.3 Å².